The minimum absolute atomic E-state index is 0.133. The molecule has 0 radical (unpaired) electrons. The third kappa shape index (κ3) is 3.11. The van der Waals surface area contributed by atoms with Gasteiger partial charge in [0.05, 0.1) is 19.1 Å². The molecule has 0 saturated carbocycles. The van der Waals surface area contributed by atoms with Crippen molar-refractivity contribution in [1.29, 1.82) is 0 Å². The number of aliphatic carboxylic acids is 1. The Labute approximate surface area is 122 Å². The van der Waals surface area contributed by atoms with Crippen LogP contribution in [-0.2, 0) is 9.53 Å². The molecule has 1 fully saturated rings. The van der Waals surface area contributed by atoms with E-state index in [4.69, 9.17) is 21.4 Å². The molecule has 0 aliphatic carbocycles. The minimum atomic E-state index is -0.951. The third-order valence-electron chi connectivity index (χ3n) is 3.40. The fourth-order valence-corrected chi connectivity index (χ4v) is 2.33. The molecule has 1 aliphatic rings. The predicted molar refractivity (Wildman–Crippen MR) is 74.0 cm³/mol. The molecule has 0 bridgehead atoms. The lowest BCUT2D eigenvalue weighted by Gasteiger charge is -2.23. The van der Waals surface area contributed by atoms with E-state index in [2.05, 4.69) is 0 Å². The van der Waals surface area contributed by atoms with E-state index in [1.165, 1.54) is 4.90 Å². The van der Waals surface area contributed by atoms with Gasteiger partial charge < -0.3 is 14.7 Å². The highest BCUT2D eigenvalue weighted by Gasteiger charge is 2.28. The molecule has 1 aromatic carbocycles. The Morgan fingerprint density at radius 1 is 1.45 bits per heavy atom. The zero-order chi connectivity index (χ0) is 14.7. The van der Waals surface area contributed by atoms with Gasteiger partial charge >= 0.3 is 5.97 Å². The van der Waals surface area contributed by atoms with E-state index >= 15 is 0 Å². The summed E-state index contributed by atoms with van der Waals surface area (Å²) < 4.78 is 5.24. The van der Waals surface area contributed by atoms with Gasteiger partial charge in [0.2, 0.25) is 0 Å². The van der Waals surface area contributed by atoms with Crippen molar-refractivity contribution in [2.75, 3.05) is 26.3 Å². The van der Waals surface area contributed by atoms with E-state index in [0.717, 1.165) is 0 Å². The quantitative estimate of drug-likeness (QED) is 0.904. The lowest BCUT2D eigenvalue weighted by Crippen LogP contribution is -2.38. The van der Waals surface area contributed by atoms with Crippen LogP contribution in [0.4, 0.5) is 0 Å². The monoisotopic (exact) mass is 297 g/mol. The van der Waals surface area contributed by atoms with E-state index < -0.39 is 11.9 Å². The molecule has 1 aliphatic heterocycles. The number of rotatable bonds is 2. The highest BCUT2D eigenvalue weighted by atomic mass is 35.5. The molecule has 5 nitrogen and oxygen atoms in total. The maximum atomic E-state index is 12.5. The Bertz CT molecular complexity index is 532. The summed E-state index contributed by atoms with van der Waals surface area (Å²) in [6, 6.07) is 5.13. The summed E-state index contributed by atoms with van der Waals surface area (Å²) in [6.45, 7) is 2.79. The lowest BCUT2D eigenvalue weighted by atomic mass is 10.1. The highest BCUT2D eigenvalue weighted by Crippen LogP contribution is 2.21. The standard InChI is InChI=1S/C14H16ClNO4/c1-9-11(3-2-4-12(9)15)13(17)16-5-6-20-8-10(7-16)14(18)19/h2-4,10H,5-8H2,1H3,(H,18,19). The zero-order valence-electron chi connectivity index (χ0n) is 11.1. The second kappa shape index (κ2) is 6.24. The van der Waals surface area contributed by atoms with Crippen molar-refractivity contribution in [3.63, 3.8) is 0 Å². The molecule has 0 aromatic heterocycles. The Morgan fingerprint density at radius 2 is 2.20 bits per heavy atom. The molecule has 1 N–H and O–H groups in total. The normalized spacial score (nSPS) is 19.5. The van der Waals surface area contributed by atoms with Gasteiger partial charge in [-0.05, 0) is 24.6 Å². The first-order chi connectivity index (χ1) is 9.50. The summed E-state index contributed by atoms with van der Waals surface area (Å²) >= 11 is 6.02. The molecule has 2 rings (SSSR count). The van der Waals surface area contributed by atoms with Gasteiger partial charge in [-0.15, -0.1) is 0 Å². The number of halogens is 1. The molecule has 1 aromatic rings. The number of amides is 1. The molecule has 0 spiro atoms. The van der Waals surface area contributed by atoms with Crippen LogP contribution in [-0.4, -0.2) is 48.2 Å². The average molecular weight is 298 g/mol. The van der Waals surface area contributed by atoms with Gasteiger partial charge in [0, 0.05) is 23.7 Å². The Balaban J connectivity index is 2.23. The average Bonchev–Trinajstić information content (AvgIpc) is 2.67. The van der Waals surface area contributed by atoms with Gasteiger partial charge in [-0.25, -0.2) is 0 Å². The second-order valence-electron chi connectivity index (χ2n) is 4.77. The van der Waals surface area contributed by atoms with Crippen LogP contribution in [0.15, 0.2) is 18.2 Å². The first kappa shape index (κ1) is 14.8. The van der Waals surface area contributed by atoms with E-state index in [0.29, 0.717) is 29.3 Å². The highest BCUT2D eigenvalue weighted by molar-refractivity contribution is 6.31. The van der Waals surface area contributed by atoms with Gasteiger partial charge in [0.1, 0.15) is 0 Å². The van der Waals surface area contributed by atoms with Crippen molar-refractivity contribution in [3.05, 3.63) is 34.3 Å². The van der Waals surface area contributed by atoms with Gasteiger partial charge in [-0.2, -0.15) is 0 Å². The van der Waals surface area contributed by atoms with Crippen LogP contribution in [0.5, 0.6) is 0 Å². The largest absolute Gasteiger partial charge is 0.481 e. The van der Waals surface area contributed by atoms with Gasteiger partial charge in [0.15, 0.2) is 0 Å². The first-order valence-corrected chi connectivity index (χ1v) is 6.73. The van der Waals surface area contributed by atoms with Crippen molar-refractivity contribution in [2.24, 2.45) is 5.92 Å². The summed E-state index contributed by atoms with van der Waals surface area (Å²) in [5, 5.41) is 9.62. The Hall–Kier alpha value is -1.59. The number of carboxylic acid groups (broad SMARTS) is 1. The smallest absolute Gasteiger partial charge is 0.310 e. The van der Waals surface area contributed by atoms with Crippen LogP contribution in [0.1, 0.15) is 15.9 Å². The summed E-state index contributed by atoms with van der Waals surface area (Å²) in [4.78, 5) is 25.1. The molecule has 1 unspecified atom stereocenters. The van der Waals surface area contributed by atoms with Crippen molar-refractivity contribution in [1.82, 2.24) is 4.90 Å². The summed E-state index contributed by atoms with van der Waals surface area (Å²) in [5.41, 5.74) is 1.21. The van der Waals surface area contributed by atoms with E-state index in [1.807, 2.05) is 0 Å². The van der Waals surface area contributed by atoms with Crippen LogP contribution in [0.25, 0.3) is 0 Å². The number of carboxylic acids is 1. The van der Waals surface area contributed by atoms with Gasteiger partial charge in [-0.1, -0.05) is 17.7 Å². The summed E-state index contributed by atoms with van der Waals surface area (Å²) in [5.74, 6) is -1.85. The zero-order valence-corrected chi connectivity index (χ0v) is 11.9. The lowest BCUT2D eigenvalue weighted by molar-refractivity contribution is -0.143. The maximum Gasteiger partial charge on any atom is 0.310 e. The topological polar surface area (TPSA) is 66.8 Å². The number of carbonyl (C=O) groups excluding carboxylic acids is 1. The number of nitrogens with zero attached hydrogens (tertiary/aromatic N) is 1. The number of carbonyl (C=O) groups is 2. The van der Waals surface area contributed by atoms with E-state index in [1.54, 1.807) is 25.1 Å². The van der Waals surface area contributed by atoms with Crippen molar-refractivity contribution >= 4 is 23.5 Å². The molecular formula is C14H16ClNO4. The van der Waals surface area contributed by atoms with Crippen molar-refractivity contribution < 1.29 is 19.4 Å². The maximum absolute atomic E-state index is 12.5. The Morgan fingerprint density at radius 3 is 2.90 bits per heavy atom. The van der Waals surface area contributed by atoms with E-state index in [-0.39, 0.29) is 19.1 Å². The molecule has 1 heterocycles. The third-order valence-corrected chi connectivity index (χ3v) is 3.81. The van der Waals surface area contributed by atoms with Crippen LogP contribution in [0.2, 0.25) is 5.02 Å². The SMILES string of the molecule is Cc1c(Cl)cccc1C(=O)N1CCOCC(C(=O)O)C1. The van der Waals surface area contributed by atoms with Crippen LogP contribution in [0, 0.1) is 12.8 Å². The van der Waals surface area contributed by atoms with Crippen molar-refractivity contribution in [3.8, 4) is 0 Å². The number of benzene rings is 1. The van der Waals surface area contributed by atoms with E-state index in [9.17, 15) is 9.59 Å². The molecule has 1 atom stereocenters. The van der Waals surface area contributed by atoms with Gasteiger partial charge in [-0.3, -0.25) is 9.59 Å². The predicted octanol–water partition coefficient (Wildman–Crippen LogP) is 1.82. The molecule has 6 heteroatoms. The summed E-state index contributed by atoms with van der Waals surface area (Å²) in [6.07, 6.45) is 0. The minimum Gasteiger partial charge on any atom is -0.481 e. The van der Waals surface area contributed by atoms with Gasteiger partial charge in [0.25, 0.3) is 5.91 Å². The Kier molecular flexibility index (Phi) is 4.62. The molecule has 108 valence electrons. The number of hydrogen-bond donors (Lipinski definition) is 1. The molecule has 20 heavy (non-hydrogen) atoms. The van der Waals surface area contributed by atoms with Crippen molar-refractivity contribution in [2.45, 2.75) is 6.92 Å². The fourth-order valence-electron chi connectivity index (χ4n) is 2.15. The van der Waals surface area contributed by atoms with Crippen LogP contribution in [0.3, 0.4) is 0 Å². The summed E-state index contributed by atoms with van der Waals surface area (Å²) in [7, 11) is 0. The second-order valence-corrected chi connectivity index (χ2v) is 5.18. The number of hydrogen-bond acceptors (Lipinski definition) is 3. The number of ether oxygens (including phenoxy) is 1. The van der Waals surface area contributed by atoms with Crippen LogP contribution >= 0.6 is 11.6 Å². The molecule has 1 saturated heterocycles. The fraction of sp³-hybridized carbons (Fsp3) is 0.429. The molecule has 1 amide bonds. The first-order valence-electron chi connectivity index (χ1n) is 6.35. The van der Waals surface area contributed by atoms with Crippen LogP contribution < -0.4 is 0 Å². The molecular weight excluding hydrogens is 282 g/mol.